The molecule has 0 aromatic heterocycles. The molecular weight excluding hydrogens is 899 g/mol. The predicted molar refractivity (Wildman–Crippen MR) is 270 cm³/mol. The first-order valence-electron chi connectivity index (χ1n) is 25.8. The van der Waals surface area contributed by atoms with Crippen LogP contribution in [-0.4, -0.2) is 5.92 Å². The summed E-state index contributed by atoms with van der Waals surface area (Å²) < 4.78 is 0.236. The molecule has 0 radical (unpaired) electrons. The molecule has 0 nitrogen and oxygen atoms in total. The summed E-state index contributed by atoms with van der Waals surface area (Å²) in [6, 6.07) is 32.3. The Kier molecular flexibility index (Phi) is 10.1. The van der Waals surface area contributed by atoms with Crippen molar-refractivity contribution in [1.82, 2.24) is 0 Å². The molecule has 2 unspecified atom stereocenters. The van der Waals surface area contributed by atoms with Gasteiger partial charge in [-0.25, -0.2) is 0 Å². The van der Waals surface area contributed by atoms with E-state index in [2.05, 4.69) is 126 Å². The Balaban J connectivity index is 0.937. The number of fused-ring (bicyclic) bond motifs is 2. The number of halogens is 2. The molecule has 0 aliphatic heterocycles. The molecule has 8 saturated carbocycles. The van der Waals surface area contributed by atoms with Gasteiger partial charge in [0.05, 0.1) is 0 Å². The maximum absolute atomic E-state index is 9.10. The summed E-state index contributed by atoms with van der Waals surface area (Å²) in [5.41, 5.74) is 20.7. The van der Waals surface area contributed by atoms with Crippen LogP contribution in [0.3, 0.4) is 0 Å². The molecule has 14 rings (SSSR count). The van der Waals surface area contributed by atoms with Gasteiger partial charge in [0.15, 0.2) is 0 Å². The minimum atomic E-state index is -4.98. The minimum absolute atomic E-state index is 0.112. The number of aryl methyl sites for hydroxylation is 2. The SMILES string of the molecule is CCC1=Cc2c(-c3ccc(C45CC6CC(CC(C6)C4)C5)cc3)cc(C)cc2[CH]1[Zr]([Cl])([Cl])([CH]1C(C)=Cc2c(-c3ccc(C45CC6CC(CC(C6)C4)C5)cc3)cc(C)cc21)[SiH](CC)CC. The van der Waals surface area contributed by atoms with Crippen molar-refractivity contribution < 1.29 is 15.6 Å². The number of hydrogen-bond donors (Lipinski definition) is 0. The Morgan fingerprint density at radius 1 is 0.524 bits per heavy atom. The molecule has 0 N–H and O–H groups in total. The van der Waals surface area contributed by atoms with Crippen molar-refractivity contribution in [3.8, 4) is 22.3 Å². The first-order chi connectivity index (χ1) is 30.3. The summed E-state index contributed by atoms with van der Waals surface area (Å²) in [5, 5.41) is 0. The van der Waals surface area contributed by atoms with Gasteiger partial charge in [0, 0.05) is 0 Å². The normalized spacial score (nSPS) is 34.0. The second kappa shape index (κ2) is 15.0. The van der Waals surface area contributed by atoms with Crippen molar-refractivity contribution in [3.63, 3.8) is 0 Å². The molecule has 2 atom stereocenters. The second-order valence-corrected chi connectivity index (χ2v) is 64.5. The van der Waals surface area contributed by atoms with Gasteiger partial charge < -0.3 is 0 Å². The molecule has 4 aromatic carbocycles. The van der Waals surface area contributed by atoms with E-state index < -0.39 is 21.5 Å². The fourth-order valence-corrected chi connectivity index (χ4v) is 71.9. The van der Waals surface area contributed by atoms with Crippen LogP contribution in [0.1, 0.15) is 163 Å². The summed E-state index contributed by atoms with van der Waals surface area (Å²) in [6.07, 6.45) is 23.5. The third-order valence-corrected chi connectivity index (χ3v) is 69.9. The average molecular weight is 970 g/mol. The van der Waals surface area contributed by atoms with Crippen LogP contribution in [0.25, 0.3) is 34.4 Å². The molecule has 8 fully saturated rings. The molecule has 0 heterocycles. The van der Waals surface area contributed by atoms with E-state index in [0.29, 0.717) is 10.8 Å². The van der Waals surface area contributed by atoms with Crippen molar-refractivity contribution in [1.29, 1.82) is 0 Å². The second-order valence-electron chi connectivity index (χ2n) is 23.7. The Labute approximate surface area is 388 Å². The van der Waals surface area contributed by atoms with E-state index in [-0.39, 0.29) is 7.25 Å². The molecule has 4 heteroatoms. The van der Waals surface area contributed by atoms with Crippen LogP contribution >= 0.6 is 17.0 Å². The fourth-order valence-electron chi connectivity index (χ4n) is 18.3. The molecule has 63 heavy (non-hydrogen) atoms. The zero-order chi connectivity index (χ0) is 43.2. The Bertz CT molecular complexity index is 2500. The molecule has 329 valence electrons. The van der Waals surface area contributed by atoms with E-state index >= 15 is 0 Å². The zero-order valence-corrected chi connectivity index (χ0v) is 44.3. The summed E-state index contributed by atoms with van der Waals surface area (Å²) >= 11 is -4.98. The predicted octanol–water partition coefficient (Wildman–Crippen LogP) is 17.3. The Hall–Kier alpha value is -1.96. The van der Waals surface area contributed by atoms with Crippen molar-refractivity contribution in [2.75, 3.05) is 0 Å². The quantitative estimate of drug-likeness (QED) is 0.139. The number of allylic oxidation sites excluding steroid dienone is 2. The molecule has 10 aliphatic carbocycles. The van der Waals surface area contributed by atoms with E-state index in [1.54, 1.807) is 11.1 Å². The monoisotopic (exact) mass is 967 g/mol. The summed E-state index contributed by atoms with van der Waals surface area (Å²) in [4.78, 5) is 0. The summed E-state index contributed by atoms with van der Waals surface area (Å²) in [5.74, 6) is 4.06. The molecule has 4 aromatic rings. The van der Waals surface area contributed by atoms with Crippen LogP contribution < -0.4 is 0 Å². The fraction of sp³-hybridized carbons (Fsp3) is 0.525. The number of hydrogen-bond acceptors (Lipinski definition) is 0. The molecule has 10 aliphatic rings. The molecule has 0 spiro atoms. The van der Waals surface area contributed by atoms with Crippen LogP contribution in [0.5, 0.6) is 0 Å². The third-order valence-electron chi connectivity index (χ3n) is 19.8. The van der Waals surface area contributed by atoms with Gasteiger partial charge in [-0.05, 0) is 0 Å². The first kappa shape index (κ1) is 42.4. The first-order valence-corrected chi connectivity index (χ1v) is 41.4. The maximum atomic E-state index is 9.10. The average Bonchev–Trinajstić information content (AvgIpc) is 3.81. The van der Waals surface area contributed by atoms with Gasteiger partial charge in [0.2, 0.25) is 0 Å². The van der Waals surface area contributed by atoms with E-state index in [1.165, 1.54) is 144 Å². The van der Waals surface area contributed by atoms with E-state index in [0.717, 1.165) is 54.0 Å². The van der Waals surface area contributed by atoms with Crippen LogP contribution in [0.4, 0.5) is 0 Å². The molecule has 8 bridgehead atoms. The zero-order valence-electron chi connectivity index (χ0n) is 39.1. The van der Waals surface area contributed by atoms with Gasteiger partial charge in [-0.3, -0.25) is 0 Å². The van der Waals surface area contributed by atoms with Gasteiger partial charge in [-0.2, -0.15) is 0 Å². The van der Waals surface area contributed by atoms with Crippen LogP contribution in [0.2, 0.25) is 12.1 Å². The van der Waals surface area contributed by atoms with Crippen LogP contribution in [0, 0.1) is 49.4 Å². The molecule has 0 saturated heterocycles. The van der Waals surface area contributed by atoms with Gasteiger partial charge in [-0.15, -0.1) is 0 Å². The molecular formula is C59H71Cl2SiZr. The standard InChI is InChI=1S/C28H31.C27H29.C4H11Si.2ClH.Zr/c1-3-19-13-24-8-18(2)9-26(27(24)14-19)23-4-6-25(7-5-23)28-15-20-10-21(16-28)12-22(11-20)17-28;1-17-7-23-8-18(2)10-26(23)25(9-17)22-3-5-24(6-4-22)27-14-19-11-20(15-27)13-21(12-19)16-27;1-3-5-4-2;;;/h4-9,13-14,20-22H,3,10-12,15-17H2,1-2H3;3-10,19-21H,11-16H2,1-2H3;5H,3-4H2,1-2H3;2*1H;/q;;;;;+2/p-2. The molecule has 0 amide bonds. The van der Waals surface area contributed by atoms with Crippen molar-refractivity contribution in [3.05, 3.63) is 128 Å². The van der Waals surface area contributed by atoms with E-state index in [4.69, 9.17) is 17.0 Å². The van der Waals surface area contributed by atoms with Gasteiger partial charge in [0.25, 0.3) is 0 Å². The van der Waals surface area contributed by atoms with E-state index in [9.17, 15) is 0 Å². The Morgan fingerprint density at radius 3 is 1.29 bits per heavy atom. The summed E-state index contributed by atoms with van der Waals surface area (Å²) in [7, 11) is 18.2. The van der Waals surface area contributed by atoms with E-state index in [1.807, 2.05) is 0 Å². The van der Waals surface area contributed by atoms with Crippen molar-refractivity contribution in [2.24, 2.45) is 35.5 Å². The topological polar surface area (TPSA) is 0 Å². The third kappa shape index (κ3) is 6.38. The van der Waals surface area contributed by atoms with Crippen molar-refractivity contribution >= 4 is 35.1 Å². The van der Waals surface area contributed by atoms with Crippen LogP contribution in [0.15, 0.2) is 83.9 Å². The summed E-state index contributed by atoms with van der Waals surface area (Å²) in [6.45, 7) is 14.3. The number of rotatable bonds is 10. The Morgan fingerprint density at radius 2 is 0.905 bits per heavy atom. The van der Waals surface area contributed by atoms with Gasteiger partial charge in [-0.1, -0.05) is 0 Å². The van der Waals surface area contributed by atoms with Crippen LogP contribution in [-0.2, 0) is 26.4 Å². The number of benzene rings is 4. The van der Waals surface area contributed by atoms with Gasteiger partial charge >= 0.3 is 392 Å². The van der Waals surface area contributed by atoms with Gasteiger partial charge in [0.1, 0.15) is 0 Å². The van der Waals surface area contributed by atoms with Crippen molar-refractivity contribution in [2.45, 2.75) is 155 Å².